The zero-order valence-corrected chi connectivity index (χ0v) is 10.4. The zero-order chi connectivity index (χ0) is 12.4. The first-order chi connectivity index (χ1) is 8.78. The lowest BCUT2D eigenvalue weighted by molar-refractivity contribution is 0.0239. The third kappa shape index (κ3) is 2.11. The number of pyridine rings is 1. The molecule has 1 aliphatic rings. The van der Waals surface area contributed by atoms with Gasteiger partial charge in [-0.25, -0.2) is 0 Å². The molecular weight excluding hydrogens is 224 g/mol. The van der Waals surface area contributed by atoms with Crippen LogP contribution in [0.15, 0.2) is 36.5 Å². The average Bonchev–Trinajstić information content (AvgIpc) is 2.64. The van der Waals surface area contributed by atoms with E-state index in [0.29, 0.717) is 0 Å². The second kappa shape index (κ2) is 4.67. The molecule has 0 spiro atoms. The zero-order valence-electron chi connectivity index (χ0n) is 10.4. The minimum atomic E-state index is -0.722. The highest BCUT2D eigenvalue weighted by Gasteiger charge is 2.30. The van der Waals surface area contributed by atoms with Crippen LogP contribution < -0.4 is 5.32 Å². The summed E-state index contributed by atoms with van der Waals surface area (Å²) in [5, 5.41) is 15.2. The topological polar surface area (TPSA) is 45.2 Å². The van der Waals surface area contributed by atoms with Crippen LogP contribution in [0.2, 0.25) is 0 Å². The summed E-state index contributed by atoms with van der Waals surface area (Å²) < 4.78 is 0. The SMILES string of the molecule is OC1(c2cnc3ccccc3c2)CCCNCC1. The quantitative estimate of drug-likeness (QED) is 0.805. The fourth-order valence-corrected chi connectivity index (χ4v) is 2.67. The van der Waals surface area contributed by atoms with Gasteiger partial charge in [0.2, 0.25) is 0 Å². The van der Waals surface area contributed by atoms with Crippen molar-refractivity contribution in [2.24, 2.45) is 0 Å². The maximum Gasteiger partial charge on any atom is 0.0924 e. The van der Waals surface area contributed by atoms with E-state index in [1.54, 1.807) is 0 Å². The van der Waals surface area contributed by atoms with Crippen molar-refractivity contribution in [2.75, 3.05) is 13.1 Å². The maximum atomic E-state index is 10.8. The number of hydrogen-bond donors (Lipinski definition) is 2. The normalized spacial score (nSPS) is 24.9. The summed E-state index contributed by atoms with van der Waals surface area (Å²) in [6.07, 6.45) is 4.39. The largest absolute Gasteiger partial charge is 0.385 e. The van der Waals surface area contributed by atoms with E-state index < -0.39 is 5.60 Å². The molecule has 0 amide bonds. The molecule has 18 heavy (non-hydrogen) atoms. The first kappa shape index (κ1) is 11.6. The van der Waals surface area contributed by atoms with E-state index in [0.717, 1.165) is 48.8 Å². The van der Waals surface area contributed by atoms with Crippen molar-refractivity contribution in [2.45, 2.75) is 24.9 Å². The van der Waals surface area contributed by atoms with Crippen LogP contribution in [0.1, 0.15) is 24.8 Å². The van der Waals surface area contributed by atoms with Crippen molar-refractivity contribution >= 4 is 10.9 Å². The number of nitrogens with zero attached hydrogens (tertiary/aromatic N) is 1. The first-order valence-corrected chi connectivity index (χ1v) is 6.56. The molecule has 1 aliphatic heterocycles. The Morgan fingerprint density at radius 2 is 2.06 bits per heavy atom. The molecule has 0 saturated carbocycles. The summed E-state index contributed by atoms with van der Waals surface area (Å²) in [5.41, 5.74) is 1.21. The van der Waals surface area contributed by atoms with Crippen LogP contribution in [0.5, 0.6) is 0 Å². The second-order valence-corrected chi connectivity index (χ2v) is 5.05. The molecule has 0 radical (unpaired) electrons. The molecular formula is C15H18N2O. The van der Waals surface area contributed by atoms with Gasteiger partial charge in [0.15, 0.2) is 0 Å². The molecule has 1 unspecified atom stereocenters. The Morgan fingerprint density at radius 3 is 3.00 bits per heavy atom. The lowest BCUT2D eigenvalue weighted by Gasteiger charge is -2.26. The van der Waals surface area contributed by atoms with Crippen molar-refractivity contribution < 1.29 is 5.11 Å². The molecule has 3 nitrogen and oxygen atoms in total. The van der Waals surface area contributed by atoms with Crippen LogP contribution in [0.3, 0.4) is 0 Å². The van der Waals surface area contributed by atoms with E-state index in [4.69, 9.17) is 0 Å². The second-order valence-electron chi connectivity index (χ2n) is 5.05. The van der Waals surface area contributed by atoms with Gasteiger partial charge in [0.05, 0.1) is 11.1 Å². The lowest BCUT2D eigenvalue weighted by Crippen LogP contribution is -2.27. The maximum absolute atomic E-state index is 10.8. The first-order valence-electron chi connectivity index (χ1n) is 6.56. The van der Waals surface area contributed by atoms with E-state index in [1.165, 1.54) is 0 Å². The van der Waals surface area contributed by atoms with Gasteiger partial charge in [0, 0.05) is 17.1 Å². The molecule has 3 heteroatoms. The number of hydrogen-bond acceptors (Lipinski definition) is 3. The Morgan fingerprint density at radius 1 is 1.17 bits per heavy atom. The number of fused-ring (bicyclic) bond motifs is 1. The smallest absolute Gasteiger partial charge is 0.0924 e. The van der Waals surface area contributed by atoms with Crippen LogP contribution in [-0.4, -0.2) is 23.2 Å². The van der Waals surface area contributed by atoms with E-state index in [1.807, 2.05) is 30.5 Å². The van der Waals surface area contributed by atoms with Gasteiger partial charge < -0.3 is 10.4 Å². The predicted octanol–water partition coefficient (Wildman–Crippen LogP) is 2.20. The van der Waals surface area contributed by atoms with Crippen molar-refractivity contribution in [1.29, 1.82) is 0 Å². The van der Waals surface area contributed by atoms with Crippen molar-refractivity contribution in [3.8, 4) is 0 Å². The van der Waals surface area contributed by atoms with Crippen molar-refractivity contribution in [1.82, 2.24) is 10.3 Å². The summed E-state index contributed by atoms with van der Waals surface area (Å²) in [4.78, 5) is 4.45. The Labute approximate surface area is 107 Å². The molecule has 0 bridgehead atoms. The molecule has 2 aromatic rings. The highest BCUT2D eigenvalue weighted by Crippen LogP contribution is 2.32. The fraction of sp³-hybridized carbons (Fsp3) is 0.400. The van der Waals surface area contributed by atoms with Crippen LogP contribution in [0, 0.1) is 0 Å². The number of aliphatic hydroxyl groups is 1. The molecule has 1 fully saturated rings. The number of para-hydroxylation sites is 1. The van der Waals surface area contributed by atoms with Gasteiger partial charge in [-0.2, -0.15) is 0 Å². The third-order valence-electron chi connectivity index (χ3n) is 3.79. The highest BCUT2D eigenvalue weighted by atomic mass is 16.3. The highest BCUT2D eigenvalue weighted by molar-refractivity contribution is 5.78. The monoisotopic (exact) mass is 242 g/mol. The molecule has 1 saturated heterocycles. The minimum absolute atomic E-state index is 0.722. The van der Waals surface area contributed by atoms with Gasteiger partial charge in [-0.15, -0.1) is 0 Å². The summed E-state index contributed by atoms with van der Waals surface area (Å²) in [5.74, 6) is 0. The molecule has 3 rings (SSSR count). The molecule has 1 aromatic heterocycles. The van der Waals surface area contributed by atoms with Gasteiger partial charge in [-0.05, 0) is 44.5 Å². The van der Waals surface area contributed by atoms with Gasteiger partial charge in [-0.3, -0.25) is 4.98 Å². The van der Waals surface area contributed by atoms with Crippen LogP contribution in [0.25, 0.3) is 10.9 Å². The van der Waals surface area contributed by atoms with Crippen molar-refractivity contribution in [3.63, 3.8) is 0 Å². The number of benzene rings is 1. The summed E-state index contributed by atoms with van der Waals surface area (Å²) in [7, 11) is 0. The number of nitrogens with one attached hydrogen (secondary N) is 1. The molecule has 0 aliphatic carbocycles. The molecule has 2 heterocycles. The van der Waals surface area contributed by atoms with Crippen LogP contribution >= 0.6 is 0 Å². The van der Waals surface area contributed by atoms with Crippen molar-refractivity contribution in [3.05, 3.63) is 42.1 Å². The minimum Gasteiger partial charge on any atom is -0.385 e. The summed E-state index contributed by atoms with van der Waals surface area (Å²) >= 11 is 0. The molecule has 1 atom stereocenters. The Balaban J connectivity index is 2.02. The van der Waals surface area contributed by atoms with E-state index >= 15 is 0 Å². The Kier molecular flexibility index (Phi) is 3.02. The van der Waals surface area contributed by atoms with E-state index in [2.05, 4.69) is 16.4 Å². The molecule has 2 N–H and O–H groups in total. The molecule has 94 valence electrons. The summed E-state index contributed by atoms with van der Waals surface area (Å²) in [6.45, 7) is 1.85. The summed E-state index contributed by atoms with van der Waals surface area (Å²) in [6, 6.07) is 10.1. The van der Waals surface area contributed by atoms with Crippen LogP contribution in [-0.2, 0) is 5.60 Å². The average molecular weight is 242 g/mol. The predicted molar refractivity (Wildman–Crippen MR) is 72.4 cm³/mol. The fourth-order valence-electron chi connectivity index (χ4n) is 2.67. The van der Waals surface area contributed by atoms with Gasteiger partial charge >= 0.3 is 0 Å². The van der Waals surface area contributed by atoms with Gasteiger partial charge in [0.25, 0.3) is 0 Å². The standard InChI is InChI=1S/C15H18N2O/c18-15(6-3-8-16-9-7-15)13-10-12-4-1-2-5-14(12)17-11-13/h1-2,4-5,10-11,16,18H,3,6-9H2. The lowest BCUT2D eigenvalue weighted by atomic mass is 9.87. The molecule has 1 aromatic carbocycles. The third-order valence-corrected chi connectivity index (χ3v) is 3.79. The van der Waals surface area contributed by atoms with E-state index in [9.17, 15) is 5.11 Å². The van der Waals surface area contributed by atoms with Gasteiger partial charge in [-0.1, -0.05) is 18.2 Å². The Hall–Kier alpha value is -1.45. The van der Waals surface area contributed by atoms with Gasteiger partial charge in [0.1, 0.15) is 0 Å². The Bertz CT molecular complexity index is 545. The van der Waals surface area contributed by atoms with Crippen LogP contribution in [0.4, 0.5) is 0 Å². The number of rotatable bonds is 1. The number of aromatic nitrogens is 1. The van der Waals surface area contributed by atoms with E-state index in [-0.39, 0.29) is 0 Å².